The Balaban J connectivity index is 1.56. The molecule has 2 heterocycles. The molecule has 1 unspecified atom stereocenters. The van der Waals surface area contributed by atoms with Crippen molar-refractivity contribution in [2.24, 2.45) is 0 Å². The lowest BCUT2D eigenvalue weighted by atomic mass is 10.2. The van der Waals surface area contributed by atoms with E-state index in [4.69, 9.17) is 0 Å². The number of amides is 1. The van der Waals surface area contributed by atoms with Crippen molar-refractivity contribution in [3.05, 3.63) is 40.4 Å². The molecule has 26 heavy (non-hydrogen) atoms. The van der Waals surface area contributed by atoms with Crippen LogP contribution in [0.1, 0.15) is 37.8 Å². The molecule has 1 aliphatic rings. The molecule has 134 valence electrons. The summed E-state index contributed by atoms with van der Waals surface area (Å²) in [6.45, 7) is 3.52. The Hall–Kier alpha value is -2.26. The topological polar surface area (TPSA) is 91.8 Å². The summed E-state index contributed by atoms with van der Waals surface area (Å²) < 4.78 is 0.746. The standard InChI is InChI=1S/C17H17N5O2S2/c1-9(14-18-13-6-4-3-5-12(13)15(24)19-14)25-17-21-20-16(26-17)22(10(2)23)11-7-8-11/h3-6,9,11H,7-8H2,1-2H3,(H,18,19,24). The average Bonchev–Trinajstić information content (AvgIpc) is 3.34. The van der Waals surface area contributed by atoms with Crippen LogP contribution in [0.4, 0.5) is 5.13 Å². The predicted octanol–water partition coefficient (Wildman–Crippen LogP) is 3.14. The molecule has 0 saturated heterocycles. The molecule has 2 aromatic heterocycles. The number of aromatic nitrogens is 4. The number of hydrogen-bond donors (Lipinski definition) is 1. The Morgan fingerprint density at radius 2 is 2.12 bits per heavy atom. The third-order valence-electron chi connectivity index (χ3n) is 4.15. The fraction of sp³-hybridized carbons (Fsp3) is 0.353. The zero-order chi connectivity index (χ0) is 18.3. The lowest BCUT2D eigenvalue weighted by molar-refractivity contribution is -0.116. The Kier molecular flexibility index (Phi) is 4.49. The van der Waals surface area contributed by atoms with E-state index in [9.17, 15) is 9.59 Å². The molecule has 1 saturated carbocycles. The van der Waals surface area contributed by atoms with Crippen LogP contribution in [0.3, 0.4) is 0 Å². The molecule has 1 atom stereocenters. The minimum atomic E-state index is -0.146. The summed E-state index contributed by atoms with van der Waals surface area (Å²) in [6.07, 6.45) is 2.03. The van der Waals surface area contributed by atoms with Gasteiger partial charge in [-0.15, -0.1) is 10.2 Å². The number of aromatic amines is 1. The highest BCUT2D eigenvalue weighted by Gasteiger charge is 2.34. The molecule has 0 radical (unpaired) electrons. The number of benzene rings is 1. The normalized spacial score (nSPS) is 15.2. The highest BCUT2D eigenvalue weighted by Crippen LogP contribution is 2.39. The van der Waals surface area contributed by atoms with Gasteiger partial charge in [-0.2, -0.15) is 0 Å². The van der Waals surface area contributed by atoms with Gasteiger partial charge in [0.15, 0.2) is 4.34 Å². The van der Waals surface area contributed by atoms with E-state index in [-0.39, 0.29) is 22.8 Å². The van der Waals surface area contributed by atoms with E-state index in [1.807, 2.05) is 25.1 Å². The monoisotopic (exact) mass is 387 g/mol. The Morgan fingerprint density at radius 1 is 1.35 bits per heavy atom. The van der Waals surface area contributed by atoms with Crippen LogP contribution in [0, 0.1) is 0 Å². The fourth-order valence-corrected chi connectivity index (χ4v) is 4.89. The van der Waals surface area contributed by atoms with E-state index in [1.54, 1.807) is 17.9 Å². The molecular weight excluding hydrogens is 370 g/mol. The number of carbonyl (C=O) groups excluding carboxylic acids is 1. The van der Waals surface area contributed by atoms with Gasteiger partial charge in [0.05, 0.1) is 16.2 Å². The van der Waals surface area contributed by atoms with Gasteiger partial charge in [-0.1, -0.05) is 35.2 Å². The number of anilines is 1. The number of para-hydroxylation sites is 1. The molecule has 0 bridgehead atoms. The van der Waals surface area contributed by atoms with Gasteiger partial charge < -0.3 is 4.98 Å². The minimum Gasteiger partial charge on any atom is -0.309 e. The van der Waals surface area contributed by atoms with Crippen LogP contribution in [0.5, 0.6) is 0 Å². The molecule has 1 N–H and O–H groups in total. The predicted molar refractivity (Wildman–Crippen MR) is 103 cm³/mol. The Morgan fingerprint density at radius 3 is 2.85 bits per heavy atom. The van der Waals surface area contributed by atoms with E-state index in [2.05, 4.69) is 20.2 Å². The van der Waals surface area contributed by atoms with E-state index in [0.717, 1.165) is 17.2 Å². The summed E-state index contributed by atoms with van der Waals surface area (Å²) in [5.41, 5.74) is 0.528. The summed E-state index contributed by atoms with van der Waals surface area (Å²) in [5, 5.41) is 9.48. The summed E-state index contributed by atoms with van der Waals surface area (Å²) in [6, 6.07) is 7.53. The van der Waals surface area contributed by atoms with Crippen LogP contribution >= 0.6 is 23.1 Å². The van der Waals surface area contributed by atoms with Crippen molar-refractivity contribution in [1.29, 1.82) is 0 Å². The number of H-pyrrole nitrogens is 1. The number of thioether (sulfide) groups is 1. The van der Waals surface area contributed by atoms with Crippen LogP contribution in [0.2, 0.25) is 0 Å². The lowest BCUT2D eigenvalue weighted by Gasteiger charge is -2.15. The van der Waals surface area contributed by atoms with Crippen LogP contribution < -0.4 is 10.5 Å². The fourth-order valence-electron chi connectivity index (χ4n) is 2.73. The first kappa shape index (κ1) is 17.2. The van der Waals surface area contributed by atoms with Crippen molar-refractivity contribution in [3.63, 3.8) is 0 Å². The van der Waals surface area contributed by atoms with Crippen molar-refractivity contribution in [3.8, 4) is 0 Å². The lowest BCUT2D eigenvalue weighted by Crippen LogP contribution is -2.30. The van der Waals surface area contributed by atoms with Crippen molar-refractivity contribution >= 4 is 45.0 Å². The average molecular weight is 387 g/mol. The summed E-state index contributed by atoms with van der Waals surface area (Å²) in [7, 11) is 0. The maximum atomic E-state index is 12.2. The van der Waals surface area contributed by atoms with E-state index < -0.39 is 0 Å². The second-order valence-corrected chi connectivity index (χ2v) is 8.74. The van der Waals surface area contributed by atoms with Gasteiger partial charge in [0, 0.05) is 13.0 Å². The third kappa shape index (κ3) is 3.36. The second kappa shape index (κ2) is 6.81. The van der Waals surface area contributed by atoms with Crippen molar-refractivity contribution in [1.82, 2.24) is 20.2 Å². The number of nitrogens with zero attached hydrogens (tertiary/aromatic N) is 4. The van der Waals surface area contributed by atoms with Crippen LogP contribution in [0.15, 0.2) is 33.4 Å². The largest absolute Gasteiger partial charge is 0.309 e. The first-order valence-corrected chi connectivity index (χ1v) is 10.0. The van der Waals surface area contributed by atoms with Gasteiger partial charge in [-0.25, -0.2) is 4.98 Å². The summed E-state index contributed by atoms with van der Waals surface area (Å²) in [5.74, 6) is 0.592. The zero-order valence-corrected chi connectivity index (χ0v) is 15.9. The Bertz CT molecular complexity index is 1030. The summed E-state index contributed by atoms with van der Waals surface area (Å²) >= 11 is 2.86. The Labute approximate surface area is 157 Å². The molecule has 0 aliphatic heterocycles. The first-order chi connectivity index (χ1) is 12.5. The summed E-state index contributed by atoms with van der Waals surface area (Å²) in [4.78, 5) is 33.2. The third-order valence-corrected chi connectivity index (χ3v) is 6.26. The molecule has 0 spiro atoms. The molecule has 1 aliphatic carbocycles. The maximum absolute atomic E-state index is 12.2. The van der Waals surface area contributed by atoms with E-state index in [0.29, 0.717) is 21.9 Å². The molecule has 1 amide bonds. The highest BCUT2D eigenvalue weighted by molar-refractivity contribution is 8.01. The molecule has 3 aromatic rings. The molecule has 9 heteroatoms. The quantitative estimate of drug-likeness (QED) is 0.534. The second-order valence-electron chi connectivity index (χ2n) is 6.20. The zero-order valence-electron chi connectivity index (χ0n) is 14.3. The number of rotatable bonds is 5. The van der Waals surface area contributed by atoms with Gasteiger partial charge in [0.25, 0.3) is 5.56 Å². The van der Waals surface area contributed by atoms with Gasteiger partial charge in [-0.05, 0) is 31.9 Å². The van der Waals surface area contributed by atoms with Crippen molar-refractivity contribution < 1.29 is 4.79 Å². The smallest absolute Gasteiger partial charge is 0.258 e. The molecule has 1 aromatic carbocycles. The van der Waals surface area contributed by atoms with Crippen LogP contribution in [-0.4, -0.2) is 32.1 Å². The van der Waals surface area contributed by atoms with Crippen LogP contribution in [-0.2, 0) is 4.79 Å². The number of hydrogen-bond acceptors (Lipinski definition) is 7. The van der Waals surface area contributed by atoms with E-state index in [1.165, 1.54) is 23.1 Å². The minimum absolute atomic E-state index is 0.00576. The van der Waals surface area contributed by atoms with Crippen molar-refractivity contribution in [2.75, 3.05) is 4.90 Å². The molecule has 1 fully saturated rings. The van der Waals surface area contributed by atoms with Gasteiger partial charge in [0.1, 0.15) is 5.82 Å². The highest BCUT2D eigenvalue weighted by atomic mass is 32.2. The molecule has 7 nitrogen and oxygen atoms in total. The molecule has 4 rings (SSSR count). The van der Waals surface area contributed by atoms with Crippen molar-refractivity contribution in [2.45, 2.75) is 42.3 Å². The van der Waals surface area contributed by atoms with Gasteiger partial charge >= 0.3 is 0 Å². The number of fused-ring (bicyclic) bond motifs is 1. The maximum Gasteiger partial charge on any atom is 0.258 e. The van der Waals surface area contributed by atoms with Gasteiger partial charge in [0.2, 0.25) is 11.0 Å². The first-order valence-electron chi connectivity index (χ1n) is 8.32. The van der Waals surface area contributed by atoms with Crippen LogP contribution in [0.25, 0.3) is 10.9 Å². The number of nitrogens with one attached hydrogen (secondary N) is 1. The number of carbonyl (C=O) groups is 1. The SMILES string of the molecule is CC(=O)N(c1nnc(SC(C)c2nc3ccccc3c(=O)[nH]2)s1)C1CC1. The molecular formula is C17H17N5O2S2. The van der Waals surface area contributed by atoms with E-state index >= 15 is 0 Å². The van der Waals surface area contributed by atoms with Gasteiger partial charge in [-0.3, -0.25) is 14.5 Å².